The number of aromatic nitrogens is 3. The fourth-order valence-electron chi connectivity index (χ4n) is 4.16. The number of methoxy groups -OCH3 is 1. The average Bonchev–Trinajstić information content (AvgIpc) is 3.37. The second kappa shape index (κ2) is 10.2. The first kappa shape index (κ1) is 24.2. The Morgan fingerprint density at radius 3 is 2.68 bits per heavy atom. The first-order valence-electron chi connectivity index (χ1n) is 11.8. The van der Waals surface area contributed by atoms with Gasteiger partial charge in [-0.15, -0.1) is 0 Å². The fraction of sp³-hybridized carbons (Fsp3) is 0.296. The monoisotopic (exact) mass is 499 g/mol. The van der Waals surface area contributed by atoms with Gasteiger partial charge in [-0.3, -0.25) is 9.78 Å². The van der Waals surface area contributed by atoms with Crippen LogP contribution in [0.25, 0.3) is 33.8 Å². The van der Waals surface area contributed by atoms with Crippen molar-refractivity contribution in [1.82, 2.24) is 19.9 Å². The largest absolute Gasteiger partial charge is 0.494 e. The Morgan fingerprint density at radius 2 is 1.95 bits per heavy atom. The number of amides is 1. The van der Waals surface area contributed by atoms with Gasteiger partial charge in [0, 0.05) is 51.0 Å². The van der Waals surface area contributed by atoms with Gasteiger partial charge in [0.1, 0.15) is 29.1 Å². The molecule has 5 heterocycles. The van der Waals surface area contributed by atoms with Crippen molar-refractivity contribution in [2.75, 3.05) is 34.4 Å². The third kappa shape index (κ3) is 4.81. The Labute approximate surface area is 213 Å². The predicted molar refractivity (Wildman–Crippen MR) is 134 cm³/mol. The van der Waals surface area contributed by atoms with Crippen LogP contribution in [0.5, 0.6) is 11.5 Å². The third-order valence-corrected chi connectivity index (χ3v) is 6.07. The van der Waals surface area contributed by atoms with Gasteiger partial charge < -0.3 is 23.5 Å². The van der Waals surface area contributed by atoms with Crippen LogP contribution < -0.4 is 9.47 Å². The summed E-state index contributed by atoms with van der Waals surface area (Å²) in [7, 11) is 4.85. The number of nitriles is 1. The van der Waals surface area contributed by atoms with Gasteiger partial charge in [-0.2, -0.15) is 5.26 Å². The molecule has 0 aliphatic carbocycles. The lowest BCUT2D eigenvalue weighted by atomic mass is 10.1. The summed E-state index contributed by atoms with van der Waals surface area (Å²) in [5.74, 6) is 1.09. The number of furan rings is 1. The maximum absolute atomic E-state index is 12.3. The zero-order valence-corrected chi connectivity index (χ0v) is 20.7. The maximum Gasteiger partial charge on any atom is 0.255 e. The number of hydrogen-bond donors (Lipinski definition) is 0. The van der Waals surface area contributed by atoms with Crippen LogP contribution >= 0.6 is 0 Å². The number of hydrogen-bond acceptors (Lipinski definition) is 9. The topological polar surface area (TPSA) is 124 Å². The van der Waals surface area contributed by atoms with Crippen molar-refractivity contribution < 1.29 is 23.4 Å². The zero-order valence-electron chi connectivity index (χ0n) is 20.7. The number of rotatable bonds is 6. The molecule has 1 amide bonds. The number of ether oxygens (including phenoxy) is 3. The lowest BCUT2D eigenvalue weighted by Crippen LogP contribution is -2.26. The molecule has 1 aliphatic rings. The van der Waals surface area contributed by atoms with E-state index < -0.39 is 0 Å². The van der Waals surface area contributed by atoms with Crippen LogP contribution in [0.3, 0.4) is 0 Å². The smallest absolute Gasteiger partial charge is 0.255 e. The predicted octanol–water partition coefficient (Wildman–Crippen LogP) is 4.09. The van der Waals surface area contributed by atoms with Crippen LogP contribution in [0.2, 0.25) is 0 Å². The summed E-state index contributed by atoms with van der Waals surface area (Å²) in [6.07, 6.45) is 4.68. The van der Waals surface area contributed by atoms with E-state index in [0.717, 1.165) is 12.8 Å². The van der Waals surface area contributed by atoms with E-state index >= 15 is 0 Å². The number of carbonyl (C=O) groups excluding carboxylic acids is 1. The fourth-order valence-corrected chi connectivity index (χ4v) is 4.16. The molecule has 4 aromatic rings. The second-order valence-corrected chi connectivity index (χ2v) is 8.74. The van der Waals surface area contributed by atoms with Gasteiger partial charge in [0.2, 0.25) is 0 Å². The molecule has 1 saturated heterocycles. The molecule has 0 unspecified atom stereocenters. The van der Waals surface area contributed by atoms with Crippen molar-refractivity contribution in [2.45, 2.75) is 18.9 Å². The number of fused-ring (bicyclic) bond motifs is 1. The number of nitrogens with zero attached hydrogens (tertiary/aromatic N) is 5. The molecule has 1 fully saturated rings. The molecule has 1 aliphatic heterocycles. The van der Waals surface area contributed by atoms with E-state index in [2.05, 4.69) is 21.0 Å². The molecule has 0 saturated carbocycles. The molecule has 0 N–H and O–H groups in total. The van der Waals surface area contributed by atoms with Crippen molar-refractivity contribution in [3.05, 3.63) is 54.0 Å². The van der Waals surface area contributed by atoms with Crippen LogP contribution in [0.1, 0.15) is 28.9 Å². The highest BCUT2D eigenvalue weighted by molar-refractivity contribution is 5.95. The van der Waals surface area contributed by atoms with Gasteiger partial charge in [0.25, 0.3) is 5.91 Å². The molecular weight excluding hydrogens is 474 g/mol. The van der Waals surface area contributed by atoms with Crippen LogP contribution in [0.15, 0.2) is 47.1 Å². The first-order chi connectivity index (χ1) is 18.0. The minimum Gasteiger partial charge on any atom is -0.494 e. The lowest BCUT2D eigenvalue weighted by molar-refractivity contribution is 0.0253. The van der Waals surface area contributed by atoms with Gasteiger partial charge in [0.15, 0.2) is 22.8 Å². The SMILES string of the molecule is COc1cc(C(=O)N(C)C)cnc1-c1cc2nccc(-c3ccc(OC4CCOCC4)c(C#N)n3)c2o1. The van der Waals surface area contributed by atoms with Gasteiger partial charge in [0.05, 0.1) is 31.6 Å². The van der Waals surface area contributed by atoms with E-state index in [9.17, 15) is 10.1 Å². The van der Waals surface area contributed by atoms with Crippen LogP contribution in [-0.4, -0.2) is 66.3 Å². The molecule has 0 aromatic carbocycles. The standard InChI is InChI=1S/C27H25N5O5/c1-32(2)27(33)16-12-23(34-3)25(30-15-16)24-13-20-26(37-24)18(6-9-29-20)19-4-5-22(21(14-28)31-19)36-17-7-10-35-11-8-17/h4-6,9,12-13,15,17H,7-8,10-11H2,1-3H3. The van der Waals surface area contributed by atoms with E-state index in [0.29, 0.717) is 64.1 Å². The van der Waals surface area contributed by atoms with Crippen molar-refractivity contribution in [3.8, 4) is 40.3 Å². The van der Waals surface area contributed by atoms with Gasteiger partial charge in [-0.1, -0.05) is 0 Å². The molecule has 0 radical (unpaired) electrons. The van der Waals surface area contributed by atoms with Crippen LogP contribution in [0.4, 0.5) is 0 Å². The van der Waals surface area contributed by atoms with Crippen molar-refractivity contribution in [2.24, 2.45) is 0 Å². The maximum atomic E-state index is 12.3. The van der Waals surface area contributed by atoms with Crippen LogP contribution in [0, 0.1) is 11.3 Å². The molecule has 0 bridgehead atoms. The highest BCUT2D eigenvalue weighted by Gasteiger charge is 2.21. The Kier molecular flexibility index (Phi) is 6.70. The molecule has 10 nitrogen and oxygen atoms in total. The van der Waals surface area contributed by atoms with Gasteiger partial charge in [-0.05, 0) is 24.3 Å². The van der Waals surface area contributed by atoms with Crippen molar-refractivity contribution in [3.63, 3.8) is 0 Å². The molecule has 37 heavy (non-hydrogen) atoms. The van der Waals surface area contributed by atoms with E-state index in [4.69, 9.17) is 18.6 Å². The minimum absolute atomic E-state index is 0.00403. The number of pyridine rings is 3. The Balaban J connectivity index is 1.51. The third-order valence-electron chi connectivity index (χ3n) is 6.07. The average molecular weight is 500 g/mol. The Morgan fingerprint density at radius 1 is 1.14 bits per heavy atom. The summed E-state index contributed by atoms with van der Waals surface area (Å²) >= 11 is 0. The lowest BCUT2D eigenvalue weighted by Gasteiger charge is -2.23. The molecule has 0 spiro atoms. The zero-order chi connectivity index (χ0) is 25.9. The molecule has 188 valence electrons. The quantitative estimate of drug-likeness (QED) is 0.386. The van der Waals surface area contributed by atoms with Crippen molar-refractivity contribution >= 4 is 17.0 Å². The van der Waals surface area contributed by atoms with E-state index in [1.54, 1.807) is 50.6 Å². The van der Waals surface area contributed by atoms with Crippen LogP contribution in [-0.2, 0) is 4.74 Å². The highest BCUT2D eigenvalue weighted by Crippen LogP contribution is 2.36. The Hall–Kier alpha value is -4.49. The number of carbonyl (C=O) groups is 1. The Bertz CT molecular complexity index is 1500. The highest BCUT2D eigenvalue weighted by atomic mass is 16.5. The summed E-state index contributed by atoms with van der Waals surface area (Å²) < 4.78 is 23.1. The molecule has 0 atom stereocenters. The molecule has 4 aromatic heterocycles. The van der Waals surface area contributed by atoms with Gasteiger partial charge >= 0.3 is 0 Å². The van der Waals surface area contributed by atoms with Crippen molar-refractivity contribution in [1.29, 1.82) is 5.26 Å². The molecular formula is C27H25N5O5. The van der Waals surface area contributed by atoms with E-state index in [-0.39, 0.29) is 17.7 Å². The molecule has 5 rings (SSSR count). The van der Waals surface area contributed by atoms with E-state index in [1.807, 2.05) is 0 Å². The summed E-state index contributed by atoms with van der Waals surface area (Å²) in [5, 5.41) is 9.74. The summed E-state index contributed by atoms with van der Waals surface area (Å²) in [5.41, 5.74) is 3.34. The second-order valence-electron chi connectivity index (χ2n) is 8.74. The van der Waals surface area contributed by atoms with Gasteiger partial charge in [-0.25, -0.2) is 9.97 Å². The van der Waals surface area contributed by atoms with E-state index in [1.165, 1.54) is 18.2 Å². The first-order valence-corrected chi connectivity index (χ1v) is 11.8. The summed E-state index contributed by atoms with van der Waals surface area (Å²) in [6.45, 7) is 1.28. The molecule has 10 heteroatoms. The normalized spacial score (nSPS) is 13.8. The summed E-state index contributed by atoms with van der Waals surface area (Å²) in [6, 6.07) is 10.9. The summed E-state index contributed by atoms with van der Waals surface area (Å²) in [4.78, 5) is 27.2. The minimum atomic E-state index is -0.186.